The van der Waals surface area contributed by atoms with E-state index in [1.807, 2.05) is 0 Å². The average Bonchev–Trinajstić information content (AvgIpc) is 3.41. The molecule has 0 radical (unpaired) electrons. The van der Waals surface area contributed by atoms with Gasteiger partial charge in [0.1, 0.15) is 5.75 Å². The number of ether oxygens (including phenoxy) is 1. The van der Waals surface area contributed by atoms with Crippen LogP contribution in [0.1, 0.15) is 65.8 Å². The first-order chi connectivity index (χ1) is 18.8. The minimum atomic E-state index is -2.13. The summed E-state index contributed by atoms with van der Waals surface area (Å²) < 4.78 is 102. The number of aromatic nitrogens is 2. The smallest absolute Gasteiger partial charge is 0.256 e. The summed E-state index contributed by atoms with van der Waals surface area (Å²) in [5.74, 6) is -1.24. The monoisotopic (exact) mass is 413 g/mol. The van der Waals surface area contributed by atoms with Crippen molar-refractivity contribution >= 4 is 5.69 Å². The largest absolute Gasteiger partial charge is 0.502 e. The molecule has 30 heavy (non-hydrogen) atoms. The standard InChI is InChI=1S/C24H26N4O2/c1-5-13-26-20-11-10-17-18(20)7-6-8-19(17)23-27-24(30-28-23)16-9-12-22(29-15(2)3)21(14-16)25-4/h6-9,12,14-15,20,26H,5,10-11,13H2,1-3H3/t20-/m0/s1/i5D2,6D,7D,8D,9D,10D2,12D,14D,15D. The van der Waals surface area contributed by atoms with Gasteiger partial charge in [-0.3, -0.25) is 0 Å². The van der Waals surface area contributed by atoms with E-state index in [0.29, 0.717) is 0 Å². The Morgan fingerprint density at radius 1 is 1.47 bits per heavy atom. The zero-order valence-corrected chi connectivity index (χ0v) is 16.6. The van der Waals surface area contributed by atoms with Gasteiger partial charge in [0.05, 0.1) is 20.9 Å². The molecule has 0 aliphatic heterocycles. The van der Waals surface area contributed by atoms with E-state index in [4.69, 9.17) is 30.9 Å². The van der Waals surface area contributed by atoms with Crippen LogP contribution in [0.5, 0.6) is 5.75 Å². The van der Waals surface area contributed by atoms with Gasteiger partial charge in [-0.15, -0.1) is 0 Å². The van der Waals surface area contributed by atoms with Gasteiger partial charge in [-0.2, -0.15) is 4.98 Å². The van der Waals surface area contributed by atoms with Crippen molar-refractivity contribution in [2.75, 3.05) is 6.54 Å². The van der Waals surface area contributed by atoms with Crippen molar-refractivity contribution in [3.63, 3.8) is 0 Å². The Labute approximate surface area is 192 Å². The molecule has 1 heterocycles. The fourth-order valence-corrected chi connectivity index (χ4v) is 3.01. The van der Waals surface area contributed by atoms with Crippen LogP contribution in [0.2, 0.25) is 0 Å². The van der Waals surface area contributed by atoms with E-state index >= 15 is 0 Å². The number of nitrogens with one attached hydrogen (secondary N) is 1. The molecule has 0 bridgehead atoms. The summed E-state index contributed by atoms with van der Waals surface area (Å²) in [6.45, 7) is 11.4. The van der Waals surface area contributed by atoms with Crippen LogP contribution in [0.4, 0.5) is 5.69 Å². The van der Waals surface area contributed by atoms with Crippen LogP contribution < -0.4 is 10.1 Å². The number of benzene rings is 2. The molecule has 1 aliphatic rings. The minimum absolute atomic E-state index is 0.0761. The molecule has 6 heteroatoms. The Bertz CT molecular complexity index is 1590. The number of fused-ring (bicyclic) bond motifs is 1. The van der Waals surface area contributed by atoms with Crippen LogP contribution in [0.3, 0.4) is 0 Å². The van der Waals surface area contributed by atoms with E-state index in [-0.39, 0.29) is 47.1 Å². The van der Waals surface area contributed by atoms with Gasteiger partial charge in [0.2, 0.25) is 11.5 Å². The molecule has 154 valence electrons. The van der Waals surface area contributed by atoms with Gasteiger partial charge < -0.3 is 14.6 Å². The van der Waals surface area contributed by atoms with Crippen molar-refractivity contribution < 1.29 is 24.3 Å². The van der Waals surface area contributed by atoms with Crippen molar-refractivity contribution in [2.45, 2.75) is 52.1 Å². The third kappa shape index (κ3) is 3.94. The first kappa shape index (κ1) is 10.7. The summed E-state index contributed by atoms with van der Waals surface area (Å²) in [5.41, 5.74) is -1.10. The predicted octanol–water partition coefficient (Wildman–Crippen LogP) is 5.73. The summed E-state index contributed by atoms with van der Waals surface area (Å²) in [6.07, 6.45) is -5.54. The first-order valence-electron chi connectivity index (χ1n) is 14.7. The number of hydrogen-bond donors (Lipinski definition) is 1. The van der Waals surface area contributed by atoms with Gasteiger partial charge in [-0.1, -0.05) is 30.2 Å². The lowest BCUT2D eigenvalue weighted by Gasteiger charge is -2.13. The van der Waals surface area contributed by atoms with Crippen LogP contribution in [-0.4, -0.2) is 22.8 Å². The lowest BCUT2D eigenvalue weighted by Crippen LogP contribution is -2.19. The maximum atomic E-state index is 8.67. The Morgan fingerprint density at radius 2 is 2.33 bits per heavy atom. The molecule has 0 saturated carbocycles. The molecule has 0 unspecified atom stereocenters. The second kappa shape index (κ2) is 8.68. The van der Waals surface area contributed by atoms with Crippen molar-refractivity contribution in [1.82, 2.24) is 15.5 Å². The van der Waals surface area contributed by atoms with Gasteiger partial charge in [0.15, 0.2) is 0 Å². The van der Waals surface area contributed by atoms with Gasteiger partial charge in [-0.25, -0.2) is 4.85 Å². The molecule has 1 aliphatic carbocycles. The molecular weight excluding hydrogens is 376 g/mol. The molecule has 0 spiro atoms. The lowest BCUT2D eigenvalue weighted by atomic mass is 10.0. The number of rotatable bonds is 7. The van der Waals surface area contributed by atoms with Gasteiger partial charge >= 0.3 is 0 Å². The highest BCUT2D eigenvalue weighted by Crippen LogP contribution is 2.38. The topological polar surface area (TPSA) is 64.5 Å². The van der Waals surface area contributed by atoms with E-state index in [2.05, 4.69) is 20.3 Å². The summed E-state index contributed by atoms with van der Waals surface area (Å²) in [6, 6.07) is -4.04. The van der Waals surface area contributed by atoms with E-state index in [1.165, 1.54) is 20.8 Å². The maximum Gasteiger partial charge on any atom is 0.256 e. The molecule has 0 amide bonds. The first-order valence-corrected chi connectivity index (χ1v) is 9.21. The van der Waals surface area contributed by atoms with Gasteiger partial charge in [0, 0.05) is 24.0 Å². The number of hydrogen-bond acceptors (Lipinski definition) is 5. The highest BCUT2D eigenvalue weighted by Gasteiger charge is 2.26. The summed E-state index contributed by atoms with van der Waals surface area (Å²) in [4.78, 5) is 7.44. The van der Waals surface area contributed by atoms with Crippen LogP contribution in [0.15, 0.2) is 40.8 Å². The zero-order chi connectivity index (χ0) is 30.8. The molecule has 1 N–H and O–H groups in total. The Morgan fingerprint density at radius 3 is 3.10 bits per heavy atom. The number of nitrogens with zero attached hydrogens (tertiary/aromatic N) is 3. The fraction of sp³-hybridized carbons (Fsp3) is 0.375. The van der Waals surface area contributed by atoms with Gasteiger partial charge in [0.25, 0.3) is 5.89 Å². The van der Waals surface area contributed by atoms with E-state index in [0.717, 1.165) is 0 Å². The molecule has 0 fully saturated rings. The van der Waals surface area contributed by atoms with E-state index in [1.54, 1.807) is 0 Å². The third-order valence-corrected chi connectivity index (χ3v) is 4.30. The SMILES string of the molecule is [2H]c1c([2H])c(-c2noc(-c3c([2H])c([2H])c(OC([2H])(C)C)c([N+]#[C-])c3[2H])n2)c2c(c1[2H])[C@@H](NCC([2H])([2H])C)CC2([2H])[2H]. The quantitative estimate of drug-likeness (QED) is 0.501. The zero-order valence-electron chi connectivity index (χ0n) is 27.6. The van der Waals surface area contributed by atoms with Crippen LogP contribution in [0.25, 0.3) is 27.7 Å². The van der Waals surface area contributed by atoms with Crippen LogP contribution >= 0.6 is 0 Å². The predicted molar refractivity (Wildman–Crippen MR) is 117 cm³/mol. The molecular formula is C24H26N4O2. The highest BCUT2D eigenvalue weighted by atomic mass is 16.5. The average molecular weight is 414 g/mol. The van der Waals surface area contributed by atoms with Gasteiger partial charge in [-0.05, 0) is 68.8 Å². The molecule has 6 nitrogen and oxygen atoms in total. The molecule has 4 rings (SSSR count). The fourth-order valence-electron chi connectivity index (χ4n) is 3.01. The van der Waals surface area contributed by atoms with Crippen molar-refractivity contribution in [2.24, 2.45) is 0 Å². The van der Waals surface area contributed by atoms with Crippen LogP contribution in [-0.2, 0) is 6.37 Å². The Kier molecular flexibility index (Phi) is 3.11. The summed E-state index contributed by atoms with van der Waals surface area (Å²) in [5, 5.41) is 6.75. The third-order valence-electron chi connectivity index (χ3n) is 4.30. The molecule has 0 saturated heterocycles. The van der Waals surface area contributed by atoms with Crippen molar-refractivity contribution in [1.29, 1.82) is 0 Å². The molecule has 1 aromatic heterocycles. The second-order valence-corrected chi connectivity index (χ2v) is 6.68. The molecule has 1 atom stereocenters. The summed E-state index contributed by atoms with van der Waals surface area (Å²) in [7, 11) is 0. The Hall–Kier alpha value is -3.17. The van der Waals surface area contributed by atoms with E-state index < -0.39 is 72.4 Å². The van der Waals surface area contributed by atoms with Crippen molar-refractivity contribution in [3.8, 4) is 28.6 Å². The maximum absolute atomic E-state index is 8.67. The van der Waals surface area contributed by atoms with Crippen LogP contribution in [0, 0.1) is 6.57 Å². The molecule has 3 aromatic rings. The normalized spacial score (nSPS) is 23.0. The lowest BCUT2D eigenvalue weighted by molar-refractivity contribution is 0.244. The highest BCUT2D eigenvalue weighted by molar-refractivity contribution is 5.70. The summed E-state index contributed by atoms with van der Waals surface area (Å²) >= 11 is 0. The van der Waals surface area contributed by atoms with Crippen molar-refractivity contribution in [3.05, 3.63) is 58.8 Å². The molecule has 2 aromatic carbocycles. The van der Waals surface area contributed by atoms with E-state index in [9.17, 15) is 0 Å². The Balaban J connectivity index is 1.91. The minimum Gasteiger partial charge on any atom is -0.502 e. The second-order valence-electron chi connectivity index (χ2n) is 6.68.